The molecule has 1 aromatic carbocycles. The van der Waals surface area contributed by atoms with Crippen LogP contribution >= 0.6 is 0 Å². The molecule has 0 unspecified atom stereocenters. The number of ether oxygens (including phenoxy) is 1. The van der Waals surface area contributed by atoms with Crippen LogP contribution in [0.15, 0.2) is 58.0 Å². The highest BCUT2D eigenvalue weighted by atomic mass is 32.2. The number of pyridine rings is 2. The first-order chi connectivity index (χ1) is 15.6. The van der Waals surface area contributed by atoms with Crippen molar-refractivity contribution in [3.05, 3.63) is 87.5 Å². The van der Waals surface area contributed by atoms with Crippen molar-refractivity contribution in [3.63, 3.8) is 0 Å². The molecule has 0 radical (unpaired) electrons. The van der Waals surface area contributed by atoms with Gasteiger partial charge >= 0.3 is 5.63 Å². The number of nitrogens with zero attached hydrogens (tertiary/aromatic N) is 2. The van der Waals surface area contributed by atoms with Gasteiger partial charge in [0.2, 0.25) is 10.0 Å². The number of hydrogen-bond acceptors (Lipinski definition) is 7. The lowest BCUT2D eigenvalue weighted by Gasteiger charge is -2.11. The van der Waals surface area contributed by atoms with E-state index in [1.807, 2.05) is 4.72 Å². The standard InChI is InChI=1S/C22H17F2N3O5S/c1-12-15-6-5-14(31-21-17(23)4-3-8-26-21)11-18(15)32-22(28)16(12)10-13-7-9-25-20(19(13)24)27-33(2,29)30/h3-9,11H,10H2,1-2H3,(H,25,27). The number of fused-ring (bicyclic) bond motifs is 1. The Morgan fingerprint density at radius 1 is 1.12 bits per heavy atom. The van der Waals surface area contributed by atoms with Crippen molar-refractivity contribution in [3.8, 4) is 11.6 Å². The monoisotopic (exact) mass is 473 g/mol. The maximum Gasteiger partial charge on any atom is 0.340 e. The molecule has 0 spiro atoms. The third kappa shape index (κ3) is 4.82. The Balaban J connectivity index is 1.70. The molecule has 0 saturated carbocycles. The fourth-order valence-corrected chi connectivity index (χ4v) is 3.75. The number of aryl methyl sites for hydroxylation is 1. The van der Waals surface area contributed by atoms with Gasteiger partial charge in [-0.05, 0) is 48.4 Å². The lowest BCUT2D eigenvalue weighted by Crippen LogP contribution is -2.15. The van der Waals surface area contributed by atoms with E-state index in [0.717, 1.165) is 6.26 Å². The third-order valence-electron chi connectivity index (χ3n) is 4.82. The van der Waals surface area contributed by atoms with Gasteiger partial charge in [0.1, 0.15) is 11.3 Å². The largest absolute Gasteiger partial charge is 0.436 e. The lowest BCUT2D eigenvalue weighted by atomic mass is 10.00. The zero-order chi connectivity index (χ0) is 23.8. The van der Waals surface area contributed by atoms with Crippen molar-refractivity contribution in [2.75, 3.05) is 11.0 Å². The van der Waals surface area contributed by atoms with Gasteiger partial charge in [0.15, 0.2) is 17.5 Å². The summed E-state index contributed by atoms with van der Waals surface area (Å²) in [7, 11) is -3.74. The number of hydrogen-bond donors (Lipinski definition) is 1. The van der Waals surface area contributed by atoms with Crippen LogP contribution in [0.5, 0.6) is 11.6 Å². The van der Waals surface area contributed by atoms with Crippen LogP contribution in [0.1, 0.15) is 16.7 Å². The van der Waals surface area contributed by atoms with Crippen molar-refractivity contribution in [2.24, 2.45) is 0 Å². The number of halogens is 2. The SMILES string of the molecule is Cc1c(Cc2ccnc(NS(C)(=O)=O)c2F)c(=O)oc2cc(Oc3ncccc3F)ccc12. The predicted molar refractivity (Wildman–Crippen MR) is 117 cm³/mol. The van der Waals surface area contributed by atoms with Gasteiger partial charge in [0.25, 0.3) is 5.88 Å². The van der Waals surface area contributed by atoms with Crippen LogP contribution in [-0.2, 0) is 16.4 Å². The van der Waals surface area contributed by atoms with E-state index < -0.39 is 33.1 Å². The summed E-state index contributed by atoms with van der Waals surface area (Å²) in [6.07, 6.45) is 3.35. The fourth-order valence-electron chi connectivity index (χ4n) is 3.26. The highest BCUT2D eigenvalue weighted by Gasteiger charge is 2.18. The molecule has 0 saturated heterocycles. The smallest absolute Gasteiger partial charge is 0.340 e. The van der Waals surface area contributed by atoms with Crippen LogP contribution in [0.2, 0.25) is 0 Å². The highest BCUT2D eigenvalue weighted by Crippen LogP contribution is 2.29. The minimum atomic E-state index is -3.74. The zero-order valence-electron chi connectivity index (χ0n) is 17.4. The molecule has 4 aromatic rings. The van der Waals surface area contributed by atoms with Gasteiger partial charge in [0.05, 0.1) is 6.26 Å². The van der Waals surface area contributed by atoms with E-state index in [4.69, 9.17) is 9.15 Å². The lowest BCUT2D eigenvalue weighted by molar-refractivity contribution is 0.422. The van der Waals surface area contributed by atoms with Crippen molar-refractivity contribution in [1.29, 1.82) is 0 Å². The molecule has 0 atom stereocenters. The van der Waals surface area contributed by atoms with Gasteiger partial charge < -0.3 is 9.15 Å². The highest BCUT2D eigenvalue weighted by molar-refractivity contribution is 7.92. The first-order valence-corrected chi connectivity index (χ1v) is 11.5. The first kappa shape index (κ1) is 22.3. The molecule has 0 aliphatic carbocycles. The average molecular weight is 473 g/mol. The van der Waals surface area contributed by atoms with Gasteiger partial charge in [-0.1, -0.05) is 0 Å². The Hall–Kier alpha value is -3.86. The van der Waals surface area contributed by atoms with Crippen LogP contribution < -0.4 is 15.1 Å². The molecular weight excluding hydrogens is 456 g/mol. The summed E-state index contributed by atoms with van der Waals surface area (Å²) in [5.41, 5.74) is 0.309. The first-order valence-electron chi connectivity index (χ1n) is 9.58. The number of anilines is 1. The Morgan fingerprint density at radius 2 is 1.91 bits per heavy atom. The van der Waals surface area contributed by atoms with Crippen molar-refractivity contribution >= 4 is 26.8 Å². The summed E-state index contributed by atoms with van der Waals surface area (Å²) in [4.78, 5) is 20.2. The molecular formula is C22H17F2N3O5S. The Kier molecular flexibility index (Phi) is 5.81. The fraction of sp³-hybridized carbons (Fsp3) is 0.136. The Morgan fingerprint density at radius 3 is 2.64 bits per heavy atom. The third-order valence-corrected chi connectivity index (χ3v) is 5.38. The second kappa shape index (κ2) is 8.58. The minimum Gasteiger partial charge on any atom is -0.436 e. The number of benzene rings is 1. The summed E-state index contributed by atoms with van der Waals surface area (Å²) < 4.78 is 64.3. The molecule has 33 heavy (non-hydrogen) atoms. The Bertz CT molecular complexity index is 1540. The van der Waals surface area contributed by atoms with Gasteiger partial charge in [-0.2, -0.15) is 0 Å². The summed E-state index contributed by atoms with van der Waals surface area (Å²) in [5.74, 6) is -2.00. The molecule has 0 fully saturated rings. The summed E-state index contributed by atoms with van der Waals surface area (Å²) in [6, 6.07) is 8.61. The predicted octanol–water partition coefficient (Wildman–Crippen LogP) is 3.92. The van der Waals surface area contributed by atoms with E-state index in [0.29, 0.717) is 10.9 Å². The molecule has 1 N–H and O–H groups in total. The molecule has 8 nitrogen and oxygen atoms in total. The van der Waals surface area contributed by atoms with Gasteiger partial charge in [-0.3, -0.25) is 4.72 Å². The van der Waals surface area contributed by atoms with Crippen LogP contribution in [0.3, 0.4) is 0 Å². The quantitative estimate of drug-likeness (QED) is 0.423. The average Bonchev–Trinajstić information content (AvgIpc) is 2.74. The summed E-state index contributed by atoms with van der Waals surface area (Å²) in [6.45, 7) is 1.68. The number of sulfonamides is 1. The van der Waals surface area contributed by atoms with E-state index in [1.165, 1.54) is 36.7 Å². The van der Waals surface area contributed by atoms with E-state index in [-0.39, 0.29) is 34.8 Å². The second-order valence-corrected chi connectivity index (χ2v) is 8.98. The Labute approximate surface area is 186 Å². The minimum absolute atomic E-state index is 0.0662. The van der Waals surface area contributed by atoms with Crippen LogP contribution in [0.25, 0.3) is 11.0 Å². The van der Waals surface area contributed by atoms with E-state index >= 15 is 0 Å². The molecule has 11 heteroatoms. The molecule has 0 amide bonds. The van der Waals surface area contributed by atoms with Crippen molar-refractivity contribution in [1.82, 2.24) is 9.97 Å². The maximum absolute atomic E-state index is 14.8. The van der Waals surface area contributed by atoms with Crippen LogP contribution in [0, 0.1) is 18.6 Å². The molecule has 0 aliphatic heterocycles. The van der Waals surface area contributed by atoms with E-state index in [2.05, 4.69) is 9.97 Å². The molecule has 0 bridgehead atoms. The normalized spacial score (nSPS) is 11.5. The second-order valence-electron chi connectivity index (χ2n) is 7.23. The van der Waals surface area contributed by atoms with Gasteiger partial charge in [0, 0.05) is 35.8 Å². The van der Waals surface area contributed by atoms with E-state index in [9.17, 15) is 22.0 Å². The van der Waals surface area contributed by atoms with Crippen molar-refractivity contribution in [2.45, 2.75) is 13.3 Å². The molecule has 170 valence electrons. The molecule has 0 aliphatic rings. The van der Waals surface area contributed by atoms with Gasteiger partial charge in [-0.15, -0.1) is 0 Å². The molecule has 3 aromatic heterocycles. The van der Waals surface area contributed by atoms with Crippen LogP contribution in [-0.4, -0.2) is 24.6 Å². The number of aromatic nitrogens is 2. The van der Waals surface area contributed by atoms with Gasteiger partial charge in [-0.25, -0.2) is 32.0 Å². The van der Waals surface area contributed by atoms with Crippen molar-refractivity contribution < 1.29 is 26.4 Å². The maximum atomic E-state index is 14.8. The molecule has 4 rings (SSSR count). The number of nitrogens with one attached hydrogen (secondary N) is 1. The number of rotatable bonds is 6. The summed E-state index contributed by atoms with van der Waals surface area (Å²) >= 11 is 0. The zero-order valence-corrected chi connectivity index (χ0v) is 18.2. The van der Waals surface area contributed by atoms with Crippen LogP contribution in [0.4, 0.5) is 14.6 Å². The van der Waals surface area contributed by atoms with E-state index in [1.54, 1.807) is 19.1 Å². The molecule has 3 heterocycles. The summed E-state index contributed by atoms with van der Waals surface area (Å²) in [5, 5.41) is 0.572. The topological polar surface area (TPSA) is 111 Å².